The molecule has 0 radical (unpaired) electrons. The average molecular weight is 425 g/mol. The molecule has 0 atom stereocenters. The number of nitrogens with zero attached hydrogens (tertiary/aromatic N) is 3. The summed E-state index contributed by atoms with van der Waals surface area (Å²) in [5.74, 6) is -1.22. The molecule has 2 N–H and O–H groups in total. The highest BCUT2D eigenvalue weighted by atomic mass is 16.5. The zero-order chi connectivity index (χ0) is 22.8. The molecule has 0 spiro atoms. The normalized spacial score (nSPS) is 11.5. The van der Waals surface area contributed by atoms with Gasteiger partial charge in [0.05, 0.1) is 5.52 Å². The number of rotatable bonds is 5. The first-order valence-electron chi connectivity index (χ1n) is 10.1. The number of carbonyl (C=O) groups excluding carboxylic acids is 3. The van der Waals surface area contributed by atoms with E-state index in [1.165, 1.54) is 0 Å². The van der Waals surface area contributed by atoms with Crippen LogP contribution in [0.15, 0.2) is 24.3 Å². The van der Waals surface area contributed by atoms with Crippen LogP contribution >= 0.6 is 0 Å². The fraction of sp³-hybridized carbons (Fsp3) is 0.409. The van der Waals surface area contributed by atoms with E-state index in [4.69, 9.17) is 4.74 Å². The molecule has 9 heteroatoms. The van der Waals surface area contributed by atoms with Gasteiger partial charge in [0.2, 0.25) is 0 Å². The molecule has 2 aromatic heterocycles. The Morgan fingerprint density at radius 1 is 1.13 bits per heavy atom. The first kappa shape index (κ1) is 22.2. The van der Waals surface area contributed by atoms with E-state index in [0.717, 1.165) is 33.5 Å². The van der Waals surface area contributed by atoms with Crippen molar-refractivity contribution in [3.8, 4) is 0 Å². The van der Waals surface area contributed by atoms with E-state index in [-0.39, 0.29) is 6.42 Å². The molecule has 0 saturated carbocycles. The van der Waals surface area contributed by atoms with E-state index in [1.54, 1.807) is 25.3 Å². The fourth-order valence-corrected chi connectivity index (χ4v) is 3.32. The smallest absolute Gasteiger partial charge is 0.321 e. The number of fused-ring (bicyclic) bond motifs is 3. The topological polar surface area (TPSA) is 115 Å². The van der Waals surface area contributed by atoms with Crippen molar-refractivity contribution in [1.29, 1.82) is 0 Å². The molecule has 9 nitrogen and oxygen atoms in total. The van der Waals surface area contributed by atoms with Gasteiger partial charge in [-0.3, -0.25) is 14.9 Å². The van der Waals surface area contributed by atoms with Gasteiger partial charge < -0.3 is 10.1 Å². The zero-order valence-electron chi connectivity index (χ0n) is 18.4. The highest BCUT2D eigenvalue weighted by molar-refractivity contribution is 5.95. The van der Waals surface area contributed by atoms with E-state index >= 15 is 0 Å². The second-order valence-corrected chi connectivity index (χ2v) is 8.43. The lowest BCUT2D eigenvalue weighted by Crippen LogP contribution is -2.49. The standard InChI is InChI=1S/C22H27N5O4/c1-13-15(14(2)27-20(23-13)16-8-6-7-9-17(16)26-27)10-11-19(29)31-12-18(28)24-21(30)25-22(3,4)5/h6-9H,10-12H2,1-5H3,(H2,24,25,28,30). The van der Waals surface area contributed by atoms with Crippen LogP contribution in [0.4, 0.5) is 4.79 Å². The summed E-state index contributed by atoms with van der Waals surface area (Å²) in [6.07, 6.45) is 0.485. The Bertz CT molecular complexity index is 1160. The third-order valence-corrected chi connectivity index (χ3v) is 4.70. The van der Waals surface area contributed by atoms with Crippen LogP contribution in [0.3, 0.4) is 0 Å². The number of aryl methyl sites for hydroxylation is 2. The predicted molar refractivity (Wildman–Crippen MR) is 116 cm³/mol. The lowest BCUT2D eigenvalue weighted by atomic mass is 10.1. The number of hydrogen-bond donors (Lipinski definition) is 2. The van der Waals surface area contributed by atoms with Crippen molar-refractivity contribution in [3.05, 3.63) is 41.2 Å². The highest BCUT2D eigenvalue weighted by Crippen LogP contribution is 2.22. The molecule has 3 aromatic rings. The quantitative estimate of drug-likeness (QED) is 0.607. The first-order valence-corrected chi connectivity index (χ1v) is 10.1. The largest absolute Gasteiger partial charge is 0.456 e. The minimum absolute atomic E-state index is 0.0805. The third kappa shape index (κ3) is 5.36. The van der Waals surface area contributed by atoms with Crippen molar-refractivity contribution in [2.24, 2.45) is 0 Å². The van der Waals surface area contributed by atoms with Crippen LogP contribution in [0.1, 0.15) is 44.1 Å². The van der Waals surface area contributed by atoms with E-state index in [2.05, 4.69) is 20.7 Å². The van der Waals surface area contributed by atoms with Gasteiger partial charge >= 0.3 is 12.0 Å². The molecular weight excluding hydrogens is 398 g/mol. The SMILES string of the molecule is Cc1nc2c3ccccc3nn2c(C)c1CCC(=O)OCC(=O)NC(=O)NC(C)(C)C. The highest BCUT2D eigenvalue weighted by Gasteiger charge is 2.18. The Hall–Kier alpha value is -3.49. The first-order chi connectivity index (χ1) is 14.5. The van der Waals surface area contributed by atoms with Crippen LogP contribution in [0, 0.1) is 13.8 Å². The molecule has 0 unspecified atom stereocenters. The van der Waals surface area contributed by atoms with E-state index in [1.807, 2.05) is 38.1 Å². The van der Waals surface area contributed by atoms with Gasteiger partial charge in [0, 0.05) is 28.7 Å². The number of aromatic nitrogens is 3. The Morgan fingerprint density at radius 2 is 1.84 bits per heavy atom. The van der Waals surface area contributed by atoms with Crippen molar-refractivity contribution in [3.63, 3.8) is 0 Å². The maximum atomic E-state index is 12.1. The Balaban J connectivity index is 1.59. The Morgan fingerprint density at radius 3 is 2.55 bits per heavy atom. The Labute approximate surface area is 180 Å². The van der Waals surface area contributed by atoms with Gasteiger partial charge in [-0.1, -0.05) is 12.1 Å². The fourth-order valence-electron chi connectivity index (χ4n) is 3.32. The van der Waals surface area contributed by atoms with Crippen LogP contribution in [0.5, 0.6) is 0 Å². The maximum absolute atomic E-state index is 12.1. The van der Waals surface area contributed by atoms with Crippen molar-refractivity contribution < 1.29 is 19.1 Å². The van der Waals surface area contributed by atoms with Gasteiger partial charge in [0.15, 0.2) is 12.3 Å². The molecule has 1 aromatic carbocycles. The molecule has 3 rings (SSSR count). The molecular formula is C22H27N5O4. The number of imide groups is 1. The molecule has 0 fully saturated rings. The van der Waals surface area contributed by atoms with Crippen molar-refractivity contribution in [2.75, 3.05) is 6.61 Å². The molecule has 0 bridgehead atoms. The van der Waals surface area contributed by atoms with Crippen molar-refractivity contribution >= 4 is 34.5 Å². The Kier molecular flexibility index (Phi) is 6.24. The summed E-state index contributed by atoms with van der Waals surface area (Å²) < 4.78 is 6.79. The van der Waals surface area contributed by atoms with Crippen LogP contribution in [-0.2, 0) is 20.7 Å². The van der Waals surface area contributed by atoms with Crippen LogP contribution in [-0.4, -0.2) is 44.7 Å². The zero-order valence-corrected chi connectivity index (χ0v) is 18.4. The van der Waals surface area contributed by atoms with E-state index < -0.39 is 30.1 Å². The predicted octanol–water partition coefficient (Wildman–Crippen LogP) is 2.60. The third-order valence-electron chi connectivity index (χ3n) is 4.70. The second-order valence-electron chi connectivity index (χ2n) is 8.43. The van der Waals surface area contributed by atoms with Crippen molar-refractivity contribution in [2.45, 2.75) is 53.0 Å². The number of nitrogens with one attached hydrogen (secondary N) is 2. The second kappa shape index (κ2) is 8.71. The minimum Gasteiger partial charge on any atom is -0.456 e. The molecule has 31 heavy (non-hydrogen) atoms. The summed E-state index contributed by atoms with van der Waals surface area (Å²) in [4.78, 5) is 40.3. The van der Waals surface area contributed by atoms with Crippen LogP contribution in [0.2, 0.25) is 0 Å². The van der Waals surface area contributed by atoms with Crippen LogP contribution in [0.25, 0.3) is 16.6 Å². The number of ether oxygens (including phenoxy) is 1. The average Bonchev–Trinajstić information content (AvgIpc) is 3.03. The monoisotopic (exact) mass is 425 g/mol. The number of hydrogen-bond acceptors (Lipinski definition) is 6. The summed E-state index contributed by atoms with van der Waals surface area (Å²) in [5.41, 5.74) is 3.79. The van der Waals surface area contributed by atoms with E-state index in [9.17, 15) is 14.4 Å². The van der Waals surface area contributed by atoms with Gasteiger partial charge in [-0.05, 0) is 58.7 Å². The summed E-state index contributed by atoms with van der Waals surface area (Å²) in [5, 5.41) is 10.3. The summed E-state index contributed by atoms with van der Waals surface area (Å²) in [6, 6.07) is 7.15. The lowest BCUT2D eigenvalue weighted by Gasteiger charge is -2.20. The number of benzene rings is 1. The summed E-state index contributed by atoms with van der Waals surface area (Å²) in [7, 11) is 0. The minimum atomic E-state index is -0.686. The number of esters is 1. The number of urea groups is 1. The molecule has 0 aliphatic rings. The summed E-state index contributed by atoms with van der Waals surface area (Å²) >= 11 is 0. The van der Waals surface area contributed by atoms with Gasteiger partial charge in [0.1, 0.15) is 0 Å². The van der Waals surface area contributed by atoms with Gasteiger partial charge in [-0.25, -0.2) is 14.3 Å². The molecule has 0 saturated heterocycles. The molecule has 0 aliphatic carbocycles. The molecule has 3 amide bonds. The number of amides is 3. The van der Waals surface area contributed by atoms with Gasteiger partial charge in [-0.2, -0.15) is 5.10 Å². The molecule has 2 heterocycles. The molecule has 0 aliphatic heterocycles. The van der Waals surface area contributed by atoms with Gasteiger partial charge in [-0.15, -0.1) is 0 Å². The summed E-state index contributed by atoms with van der Waals surface area (Å²) in [6.45, 7) is 8.69. The lowest BCUT2D eigenvalue weighted by molar-refractivity contribution is -0.148. The van der Waals surface area contributed by atoms with E-state index in [0.29, 0.717) is 6.42 Å². The maximum Gasteiger partial charge on any atom is 0.321 e. The number of carbonyl (C=O) groups is 3. The van der Waals surface area contributed by atoms with Crippen LogP contribution < -0.4 is 10.6 Å². The van der Waals surface area contributed by atoms with Gasteiger partial charge in [0.25, 0.3) is 5.91 Å². The van der Waals surface area contributed by atoms with Crippen molar-refractivity contribution in [1.82, 2.24) is 25.2 Å². The molecule has 164 valence electrons.